The van der Waals surface area contributed by atoms with Crippen LogP contribution in [0, 0.1) is 5.92 Å². The second kappa shape index (κ2) is 6.61. The highest BCUT2D eigenvalue weighted by Crippen LogP contribution is 2.23. The van der Waals surface area contributed by atoms with Gasteiger partial charge in [-0.15, -0.1) is 0 Å². The van der Waals surface area contributed by atoms with Crippen molar-refractivity contribution >= 4 is 5.91 Å². The quantitative estimate of drug-likeness (QED) is 0.796. The number of likely N-dealkylation sites (tertiary alicyclic amines) is 1. The maximum absolute atomic E-state index is 11.2. The van der Waals surface area contributed by atoms with Crippen molar-refractivity contribution in [3.05, 3.63) is 23.8 Å². The highest BCUT2D eigenvalue weighted by atomic mass is 16.5. The van der Waals surface area contributed by atoms with Gasteiger partial charge in [0.25, 0.3) is 0 Å². The molecule has 1 aromatic carbocycles. The number of benzene rings is 1. The van der Waals surface area contributed by atoms with E-state index in [0.717, 1.165) is 49.5 Å². The van der Waals surface area contributed by atoms with Crippen molar-refractivity contribution in [2.24, 2.45) is 11.7 Å². The SMILES string of the molecule is COc1ccc(OC)c(C[NH+]2CCC(C(N)=O)CC2)c1. The number of carbonyl (C=O) groups is 1. The van der Waals surface area contributed by atoms with Gasteiger partial charge in [-0.2, -0.15) is 0 Å². The van der Waals surface area contributed by atoms with E-state index in [4.69, 9.17) is 15.2 Å². The molecule has 5 heteroatoms. The molecule has 0 spiro atoms. The molecule has 2 rings (SSSR count). The first-order valence-electron chi connectivity index (χ1n) is 6.97. The number of quaternary nitrogens is 1. The molecule has 5 nitrogen and oxygen atoms in total. The van der Waals surface area contributed by atoms with Crippen LogP contribution in [0.4, 0.5) is 0 Å². The number of primary amides is 1. The van der Waals surface area contributed by atoms with Crippen molar-refractivity contribution in [3.63, 3.8) is 0 Å². The van der Waals surface area contributed by atoms with Gasteiger partial charge in [-0.25, -0.2) is 0 Å². The molecule has 0 aliphatic carbocycles. The summed E-state index contributed by atoms with van der Waals surface area (Å²) in [6, 6.07) is 5.85. The molecule has 0 atom stereocenters. The maximum atomic E-state index is 11.2. The molecular weight excluding hydrogens is 256 g/mol. The van der Waals surface area contributed by atoms with E-state index in [2.05, 4.69) is 0 Å². The lowest BCUT2D eigenvalue weighted by molar-refractivity contribution is -0.919. The van der Waals surface area contributed by atoms with E-state index in [9.17, 15) is 4.79 Å². The number of amides is 1. The fraction of sp³-hybridized carbons (Fsp3) is 0.533. The Morgan fingerprint density at radius 1 is 1.30 bits per heavy atom. The highest BCUT2D eigenvalue weighted by molar-refractivity contribution is 5.76. The molecule has 1 fully saturated rings. The molecule has 0 saturated carbocycles. The predicted molar refractivity (Wildman–Crippen MR) is 75.9 cm³/mol. The predicted octanol–water partition coefficient (Wildman–Crippen LogP) is -0.0160. The van der Waals surface area contributed by atoms with Crippen LogP contribution in [0.1, 0.15) is 18.4 Å². The van der Waals surface area contributed by atoms with E-state index in [0.29, 0.717) is 0 Å². The largest absolute Gasteiger partial charge is 0.497 e. The number of nitrogens with one attached hydrogen (secondary N) is 1. The summed E-state index contributed by atoms with van der Waals surface area (Å²) in [5.41, 5.74) is 6.50. The summed E-state index contributed by atoms with van der Waals surface area (Å²) in [7, 11) is 3.34. The van der Waals surface area contributed by atoms with Gasteiger partial charge in [0.15, 0.2) is 0 Å². The van der Waals surface area contributed by atoms with Crippen LogP contribution in [-0.2, 0) is 11.3 Å². The van der Waals surface area contributed by atoms with Crippen LogP contribution in [0.5, 0.6) is 11.5 Å². The van der Waals surface area contributed by atoms with E-state index >= 15 is 0 Å². The number of methoxy groups -OCH3 is 2. The summed E-state index contributed by atoms with van der Waals surface area (Å²) >= 11 is 0. The Morgan fingerprint density at radius 2 is 2.00 bits per heavy atom. The molecule has 1 heterocycles. The smallest absolute Gasteiger partial charge is 0.220 e. The standard InChI is InChI=1S/C15H22N2O3/c1-19-13-3-4-14(20-2)12(9-13)10-17-7-5-11(6-8-17)15(16)18/h3-4,9,11H,5-8,10H2,1-2H3,(H2,16,18)/p+1. The van der Waals surface area contributed by atoms with Gasteiger partial charge in [-0.3, -0.25) is 4.79 Å². The number of hydrogen-bond acceptors (Lipinski definition) is 3. The molecule has 20 heavy (non-hydrogen) atoms. The first-order valence-corrected chi connectivity index (χ1v) is 6.97. The Morgan fingerprint density at radius 3 is 2.55 bits per heavy atom. The van der Waals surface area contributed by atoms with Crippen LogP contribution in [0.2, 0.25) is 0 Å². The Balaban J connectivity index is 2.01. The van der Waals surface area contributed by atoms with Gasteiger partial charge < -0.3 is 20.1 Å². The molecule has 3 N–H and O–H groups in total. The zero-order chi connectivity index (χ0) is 14.5. The van der Waals surface area contributed by atoms with Gasteiger partial charge in [0.2, 0.25) is 5.91 Å². The van der Waals surface area contributed by atoms with Gasteiger partial charge in [-0.05, 0) is 18.2 Å². The van der Waals surface area contributed by atoms with E-state index in [1.54, 1.807) is 14.2 Å². The highest BCUT2D eigenvalue weighted by Gasteiger charge is 2.26. The molecule has 1 aliphatic rings. The summed E-state index contributed by atoms with van der Waals surface area (Å²) in [6.45, 7) is 2.81. The van der Waals surface area contributed by atoms with Crippen molar-refractivity contribution in [1.29, 1.82) is 0 Å². The lowest BCUT2D eigenvalue weighted by atomic mass is 9.96. The minimum absolute atomic E-state index is 0.0472. The van der Waals surface area contributed by atoms with E-state index < -0.39 is 0 Å². The van der Waals surface area contributed by atoms with E-state index in [1.165, 1.54) is 4.90 Å². The minimum atomic E-state index is -0.164. The molecule has 1 amide bonds. The first kappa shape index (κ1) is 14.7. The van der Waals surface area contributed by atoms with E-state index in [1.807, 2.05) is 18.2 Å². The Hall–Kier alpha value is -1.75. The van der Waals surface area contributed by atoms with Crippen molar-refractivity contribution in [3.8, 4) is 11.5 Å². The average Bonchev–Trinajstić information content (AvgIpc) is 2.47. The normalized spacial score (nSPS) is 22.3. The van der Waals surface area contributed by atoms with Gasteiger partial charge in [0, 0.05) is 18.8 Å². The number of rotatable bonds is 5. The molecule has 0 unspecified atom stereocenters. The molecule has 0 bridgehead atoms. The number of ether oxygens (including phenoxy) is 2. The summed E-state index contributed by atoms with van der Waals surface area (Å²) in [6.07, 6.45) is 1.74. The van der Waals surface area contributed by atoms with Crippen LogP contribution in [0.25, 0.3) is 0 Å². The lowest BCUT2D eigenvalue weighted by Crippen LogP contribution is -3.11. The molecule has 1 saturated heterocycles. The molecule has 110 valence electrons. The third-order valence-electron chi connectivity index (χ3n) is 4.02. The van der Waals surface area contributed by atoms with Crippen LogP contribution >= 0.6 is 0 Å². The summed E-state index contributed by atoms with van der Waals surface area (Å²) in [5.74, 6) is 1.61. The number of nitrogens with two attached hydrogens (primary N) is 1. The fourth-order valence-corrected chi connectivity index (χ4v) is 2.78. The third-order valence-corrected chi connectivity index (χ3v) is 4.02. The van der Waals surface area contributed by atoms with Crippen molar-refractivity contribution in [2.75, 3.05) is 27.3 Å². The van der Waals surface area contributed by atoms with Crippen LogP contribution in [-0.4, -0.2) is 33.2 Å². The second-order valence-electron chi connectivity index (χ2n) is 5.28. The Bertz CT molecular complexity index is 468. The number of piperidine rings is 1. The average molecular weight is 279 g/mol. The van der Waals surface area contributed by atoms with Crippen molar-refractivity contribution < 1.29 is 19.2 Å². The summed E-state index contributed by atoms with van der Waals surface area (Å²) < 4.78 is 10.7. The monoisotopic (exact) mass is 279 g/mol. The maximum Gasteiger partial charge on any atom is 0.220 e. The van der Waals surface area contributed by atoms with Crippen LogP contribution in [0.3, 0.4) is 0 Å². The van der Waals surface area contributed by atoms with E-state index in [-0.39, 0.29) is 11.8 Å². The lowest BCUT2D eigenvalue weighted by Gasteiger charge is -2.28. The van der Waals surface area contributed by atoms with Gasteiger partial charge >= 0.3 is 0 Å². The minimum Gasteiger partial charge on any atom is -0.497 e. The Labute approximate surface area is 119 Å². The van der Waals surface area contributed by atoms with Crippen LogP contribution in [0.15, 0.2) is 18.2 Å². The second-order valence-corrected chi connectivity index (χ2v) is 5.28. The summed E-state index contributed by atoms with van der Waals surface area (Å²) in [5, 5.41) is 0. The van der Waals surface area contributed by atoms with Gasteiger partial charge in [-0.1, -0.05) is 0 Å². The number of hydrogen-bond donors (Lipinski definition) is 2. The van der Waals surface area contributed by atoms with Crippen molar-refractivity contribution in [1.82, 2.24) is 0 Å². The first-order chi connectivity index (χ1) is 9.63. The topological polar surface area (TPSA) is 66.0 Å². The Kier molecular flexibility index (Phi) is 4.84. The molecule has 0 radical (unpaired) electrons. The molecular formula is C15H23N2O3+. The van der Waals surface area contributed by atoms with Gasteiger partial charge in [0.1, 0.15) is 18.0 Å². The molecule has 0 aromatic heterocycles. The molecule has 1 aromatic rings. The zero-order valence-electron chi connectivity index (χ0n) is 12.1. The number of carbonyl (C=O) groups excluding carboxylic acids is 1. The third kappa shape index (κ3) is 3.42. The van der Waals surface area contributed by atoms with Gasteiger partial charge in [0.05, 0.1) is 32.9 Å². The van der Waals surface area contributed by atoms with Crippen LogP contribution < -0.4 is 20.1 Å². The zero-order valence-corrected chi connectivity index (χ0v) is 12.1. The molecule has 1 aliphatic heterocycles. The summed E-state index contributed by atoms with van der Waals surface area (Å²) in [4.78, 5) is 12.6. The fourth-order valence-electron chi connectivity index (χ4n) is 2.78. The van der Waals surface area contributed by atoms with Crippen molar-refractivity contribution in [2.45, 2.75) is 19.4 Å².